The Balaban J connectivity index is 1.17. The zero-order valence-corrected chi connectivity index (χ0v) is 21.0. The number of nitrogens with two attached hydrogens (primary N) is 1. The van der Waals surface area contributed by atoms with E-state index < -0.39 is 0 Å². The zero-order valence-electron chi connectivity index (χ0n) is 21.0. The van der Waals surface area contributed by atoms with Gasteiger partial charge in [0.2, 0.25) is 0 Å². The molecule has 3 aliphatic rings. The Kier molecular flexibility index (Phi) is 6.05. The highest BCUT2D eigenvalue weighted by molar-refractivity contribution is 5.72. The third kappa shape index (κ3) is 4.53. The average molecular weight is 487 g/mol. The van der Waals surface area contributed by atoms with E-state index in [-0.39, 0.29) is 12.1 Å². The number of para-hydroxylation sites is 1. The van der Waals surface area contributed by atoms with Gasteiger partial charge in [-0.15, -0.1) is 0 Å². The number of rotatable bonds is 8. The van der Waals surface area contributed by atoms with Gasteiger partial charge in [-0.05, 0) is 48.1 Å². The number of hydrogen-bond donors (Lipinski definition) is 1. The van der Waals surface area contributed by atoms with Gasteiger partial charge in [0.15, 0.2) is 0 Å². The highest BCUT2D eigenvalue weighted by atomic mass is 16.5. The van der Waals surface area contributed by atoms with E-state index in [1.54, 1.807) is 6.33 Å². The molecule has 36 heavy (non-hydrogen) atoms. The minimum Gasteiger partial charge on any atom is -0.490 e. The number of hydrogen-bond acceptors (Lipinski definition) is 7. The Morgan fingerprint density at radius 1 is 1.06 bits per heavy atom. The summed E-state index contributed by atoms with van der Waals surface area (Å²) < 4.78 is 18.0. The second-order valence-electron chi connectivity index (χ2n) is 10.9. The average Bonchev–Trinajstić information content (AvgIpc) is 2.81. The monoisotopic (exact) mass is 486 g/mol. The van der Waals surface area contributed by atoms with Crippen molar-refractivity contribution in [3.63, 3.8) is 0 Å². The molecule has 7 nitrogen and oxygen atoms in total. The molecule has 188 valence electrons. The second kappa shape index (κ2) is 9.37. The molecule has 1 aliphatic carbocycles. The van der Waals surface area contributed by atoms with Crippen LogP contribution in [0.15, 0.2) is 54.9 Å². The third-order valence-electron chi connectivity index (χ3n) is 7.53. The first kappa shape index (κ1) is 23.3. The Hall–Kier alpha value is -3.16. The molecule has 0 unspecified atom stereocenters. The van der Waals surface area contributed by atoms with E-state index in [1.165, 1.54) is 5.56 Å². The quantitative estimate of drug-likeness (QED) is 0.500. The standard InChI is InChI=1S/C29H34N4O3/c1-19(2)25-9-20(7-8-27(25)36-23-10-21(30)11-23)24-5-3-4-6-26(24)35-13-22-12-28(32-18-31-22)33-14-29(15-33)16-34-17-29/h3-9,12,18-19,21,23H,10-11,13-17,30H2,1-2H3. The normalized spacial score (nSPS) is 22.1. The van der Waals surface area contributed by atoms with Crippen LogP contribution in [0.1, 0.15) is 43.9 Å². The molecule has 0 atom stereocenters. The van der Waals surface area contributed by atoms with E-state index in [0.29, 0.717) is 17.9 Å². The summed E-state index contributed by atoms with van der Waals surface area (Å²) >= 11 is 0. The molecule has 1 saturated carbocycles. The van der Waals surface area contributed by atoms with Crippen LogP contribution in [0.5, 0.6) is 11.5 Å². The molecule has 3 aromatic rings. The van der Waals surface area contributed by atoms with Crippen LogP contribution < -0.4 is 20.1 Å². The van der Waals surface area contributed by atoms with Gasteiger partial charge < -0.3 is 24.8 Å². The van der Waals surface area contributed by atoms with Crippen molar-refractivity contribution in [2.75, 3.05) is 31.2 Å². The van der Waals surface area contributed by atoms with Gasteiger partial charge in [-0.1, -0.05) is 38.1 Å². The summed E-state index contributed by atoms with van der Waals surface area (Å²) in [6, 6.07) is 16.9. The largest absolute Gasteiger partial charge is 0.490 e. The summed E-state index contributed by atoms with van der Waals surface area (Å²) in [5, 5.41) is 0. The lowest BCUT2D eigenvalue weighted by Gasteiger charge is -2.55. The van der Waals surface area contributed by atoms with Crippen molar-refractivity contribution in [2.24, 2.45) is 11.1 Å². The Labute approximate surface area is 212 Å². The van der Waals surface area contributed by atoms with E-state index in [2.05, 4.69) is 53.0 Å². The van der Waals surface area contributed by atoms with E-state index in [0.717, 1.165) is 73.3 Å². The first-order valence-electron chi connectivity index (χ1n) is 12.9. The van der Waals surface area contributed by atoms with E-state index in [4.69, 9.17) is 19.9 Å². The number of ether oxygens (including phenoxy) is 3. The lowest BCUT2D eigenvalue weighted by molar-refractivity contribution is -0.127. The summed E-state index contributed by atoms with van der Waals surface area (Å²) in [4.78, 5) is 11.2. The topological polar surface area (TPSA) is 82.7 Å². The first-order chi connectivity index (χ1) is 17.5. The van der Waals surface area contributed by atoms with Gasteiger partial charge in [-0.25, -0.2) is 9.97 Å². The van der Waals surface area contributed by atoms with Gasteiger partial charge in [0.05, 0.1) is 24.3 Å². The molecule has 3 heterocycles. The van der Waals surface area contributed by atoms with Gasteiger partial charge in [0.1, 0.15) is 36.4 Å². The predicted molar refractivity (Wildman–Crippen MR) is 139 cm³/mol. The predicted octanol–water partition coefficient (Wildman–Crippen LogP) is 4.55. The highest BCUT2D eigenvalue weighted by Crippen LogP contribution is 2.40. The summed E-state index contributed by atoms with van der Waals surface area (Å²) in [7, 11) is 0. The van der Waals surface area contributed by atoms with Gasteiger partial charge in [-0.3, -0.25) is 0 Å². The smallest absolute Gasteiger partial charge is 0.132 e. The van der Waals surface area contributed by atoms with Crippen molar-refractivity contribution >= 4 is 5.82 Å². The maximum atomic E-state index is 6.30. The molecule has 7 heteroatoms. The van der Waals surface area contributed by atoms with E-state index in [1.807, 2.05) is 24.3 Å². The van der Waals surface area contributed by atoms with E-state index >= 15 is 0 Å². The summed E-state index contributed by atoms with van der Waals surface area (Å²) in [5.74, 6) is 3.09. The van der Waals surface area contributed by atoms with Crippen LogP contribution in [0, 0.1) is 5.41 Å². The first-order valence-corrected chi connectivity index (χ1v) is 12.9. The van der Waals surface area contributed by atoms with Gasteiger partial charge in [-0.2, -0.15) is 0 Å². The minimum absolute atomic E-state index is 0.223. The van der Waals surface area contributed by atoms with Gasteiger partial charge in [0.25, 0.3) is 0 Å². The molecule has 2 N–H and O–H groups in total. The fourth-order valence-corrected chi connectivity index (χ4v) is 5.28. The Morgan fingerprint density at radius 2 is 1.86 bits per heavy atom. The Morgan fingerprint density at radius 3 is 2.58 bits per heavy atom. The number of aromatic nitrogens is 2. The summed E-state index contributed by atoms with van der Waals surface area (Å²) in [6.07, 6.45) is 3.70. The fourth-order valence-electron chi connectivity index (χ4n) is 5.28. The molecule has 0 amide bonds. The molecule has 2 aromatic carbocycles. The van der Waals surface area contributed by atoms with Crippen molar-refractivity contribution in [1.29, 1.82) is 0 Å². The van der Waals surface area contributed by atoms with Crippen LogP contribution in [0.25, 0.3) is 11.1 Å². The summed E-state index contributed by atoms with van der Waals surface area (Å²) in [6.45, 7) is 8.51. The third-order valence-corrected chi connectivity index (χ3v) is 7.53. The maximum Gasteiger partial charge on any atom is 0.132 e. The van der Waals surface area contributed by atoms with Crippen molar-refractivity contribution in [2.45, 2.75) is 51.4 Å². The number of anilines is 1. The number of nitrogens with zero attached hydrogens (tertiary/aromatic N) is 3. The highest BCUT2D eigenvalue weighted by Gasteiger charge is 2.49. The van der Waals surface area contributed by atoms with Crippen LogP contribution in [-0.4, -0.2) is 48.4 Å². The van der Waals surface area contributed by atoms with Crippen molar-refractivity contribution in [3.8, 4) is 22.6 Å². The molecule has 0 bridgehead atoms. The maximum absolute atomic E-state index is 6.30. The molecule has 1 spiro atoms. The van der Waals surface area contributed by atoms with Crippen LogP contribution in [-0.2, 0) is 11.3 Å². The second-order valence-corrected chi connectivity index (χ2v) is 10.9. The van der Waals surface area contributed by atoms with Crippen molar-refractivity contribution in [1.82, 2.24) is 9.97 Å². The van der Waals surface area contributed by atoms with Gasteiger partial charge in [0, 0.05) is 30.8 Å². The molecular formula is C29H34N4O3. The van der Waals surface area contributed by atoms with Crippen LogP contribution in [0.3, 0.4) is 0 Å². The SMILES string of the molecule is CC(C)c1cc(-c2ccccc2OCc2cc(N3CC4(COC4)C3)ncn2)ccc1OC1CC(N)C1. The molecule has 1 aromatic heterocycles. The van der Waals surface area contributed by atoms with Crippen LogP contribution in [0.2, 0.25) is 0 Å². The summed E-state index contributed by atoms with van der Waals surface area (Å²) in [5.41, 5.74) is 10.5. The lowest BCUT2D eigenvalue weighted by Crippen LogP contribution is -2.66. The molecule has 2 aliphatic heterocycles. The van der Waals surface area contributed by atoms with Crippen molar-refractivity contribution in [3.05, 3.63) is 66.1 Å². The minimum atomic E-state index is 0.223. The van der Waals surface area contributed by atoms with Crippen molar-refractivity contribution < 1.29 is 14.2 Å². The lowest BCUT2D eigenvalue weighted by atomic mass is 9.78. The number of benzene rings is 2. The molecular weight excluding hydrogens is 452 g/mol. The molecule has 6 rings (SSSR count). The zero-order chi connectivity index (χ0) is 24.7. The van der Waals surface area contributed by atoms with Crippen LogP contribution >= 0.6 is 0 Å². The molecule has 0 radical (unpaired) electrons. The Bertz CT molecular complexity index is 1230. The van der Waals surface area contributed by atoms with E-state index in [9.17, 15) is 0 Å². The molecule has 3 fully saturated rings. The fraction of sp³-hybridized carbons (Fsp3) is 0.448. The van der Waals surface area contributed by atoms with Gasteiger partial charge >= 0.3 is 0 Å². The van der Waals surface area contributed by atoms with Crippen LogP contribution in [0.4, 0.5) is 5.82 Å². The molecule has 2 saturated heterocycles.